The Morgan fingerprint density at radius 1 is 1.36 bits per heavy atom. The first-order valence-corrected chi connectivity index (χ1v) is 7.05. The van der Waals surface area contributed by atoms with E-state index in [0.717, 1.165) is 25.9 Å². The van der Waals surface area contributed by atoms with E-state index in [2.05, 4.69) is 5.32 Å². The Labute approximate surface area is 86.5 Å². The van der Waals surface area contributed by atoms with Gasteiger partial charge in [0.05, 0.1) is 11.5 Å². The Hall–Kier alpha value is -0.350. The van der Waals surface area contributed by atoms with Crippen LogP contribution >= 0.6 is 0 Å². The zero-order valence-corrected chi connectivity index (χ0v) is 9.57. The van der Waals surface area contributed by atoms with Crippen molar-refractivity contribution in [1.29, 1.82) is 0 Å². The Bertz CT molecular complexity index is 285. The fraction of sp³-hybridized carbons (Fsp3) is 0.800. The van der Waals surface area contributed by atoms with Crippen molar-refractivity contribution in [3.63, 3.8) is 0 Å². The van der Waals surface area contributed by atoms with Crippen molar-refractivity contribution in [2.45, 2.75) is 26.2 Å². The summed E-state index contributed by atoms with van der Waals surface area (Å²) >= 11 is 0. The lowest BCUT2D eigenvalue weighted by Crippen LogP contribution is -2.23. The van der Waals surface area contributed by atoms with Gasteiger partial charge in [-0.05, 0) is 32.4 Å². The normalized spacial score (nSPS) is 18.2. The van der Waals surface area contributed by atoms with Gasteiger partial charge in [-0.15, -0.1) is 0 Å². The van der Waals surface area contributed by atoms with Gasteiger partial charge in [-0.2, -0.15) is 0 Å². The summed E-state index contributed by atoms with van der Waals surface area (Å²) in [6.45, 7) is 3.87. The van der Waals surface area contributed by atoms with Crippen LogP contribution in [-0.2, 0) is 9.84 Å². The van der Waals surface area contributed by atoms with Crippen LogP contribution in [0.4, 0.5) is 0 Å². The van der Waals surface area contributed by atoms with Crippen molar-refractivity contribution in [1.82, 2.24) is 5.32 Å². The van der Waals surface area contributed by atoms with E-state index in [-0.39, 0.29) is 5.75 Å². The van der Waals surface area contributed by atoms with E-state index in [1.54, 1.807) is 0 Å². The van der Waals surface area contributed by atoms with Gasteiger partial charge in [0.15, 0.2) is 9.84 Å². The quantitative estimate of drug-likeness (QED) is 0.718. The molecule has 1 aliphatic rings. The first-order valence-electron chi connectivity index (χ1n) is 5.23. The van der Waals surface area contributed by atoms with Crippen LogP contribution < -0.4 is 5.32 Å². The molecule has 3 nitrogen and oxygen atoms in total. The molecule has 0 saturated carbocycles. The van der Waals surface area contributed by atoms with Gasteiger partial charge < -0.3 is 5.32 Å². The van der Waals surface area contributed by atoms with Gasteiger partial charge in [0, 0.05) is 0 Å². The molecule has 0 amide bonds. The molecule has 1 heterocycles. The summed E-state index contributed by atoms with van der Waals surface area (Å²) in [5.74, 6) is 0.547. The van der Waals surface area contributed by atoms with Crippen LogP contribution in [0.5, 0.6) is 0 Å². The maximum atomic E-state index is 11.4. The van der Waals surface area contributed by atoms with E-state index in [4.69, 9.17) is 0 Å². The minimum atomic E-state index is -2.83. The molecule has 0 aromatic carbocycles. The molecule has 0 aliphatic carbocycles. The third-order valence-corrected chi connectivity index (χ3v) is 4.09. The molecule has 1 rings (SSSR count). The van der Waals surface area contributed by atoms with Gasteiger partial charge >= 0.3 is 0 Å². The molecule has 0 aromatic rings. The molecular weight excluding hydrogens is 198 g/mol. The zero-order chi connectivity index (χ0) is 10.4. The molecule has 1 saturated heterocycles. The predicted octanol–water partition coefficient (Wildman–Crippen LogP) is 1.12. The Morgan fingerprint density at radius 3 is 2.57 bits per heavy atom. The zero-order valence-electron chi connectivity index (χ0n) is 8.75. The van der Waals surface area contributed by atoms with Gasteiger partial charge in [-0.25, -0.2) is 8.42 Å². The average Bonchev–Trinajstić information content (AvgIpc) is 2.17. The molecule has 14 heavy (non-hydrogen) atoms. The fourth-order valence-corrected chi connectivity index (χ4v) is 2.87. The van der Waals surface area contributed by atoms with Crippen LogP contribution in [0, 0.1) is 0 Å². The Balaban J connectivity index is 2.44. The summed E-state index contributed by atoms with van der Waals surface area (Å²) in [7, 11) is -2.83. The molecule has 4 heteroatoms. The van der Waals surface area contributed by atoms with Gasteiger partial charge in [0.2, 0.25) is 0 Å². The van der Waals surface area contributed by atoms with Gasteiger partial charge in [-0.3, -0.25) is 0 Å². The Morgan fingerprint density at radius 2 is 2.00 bits per heavy atom. The molecular formula is C10H19NO2S. The lowest BCUT2D eigenvalue weighted by Gasteiger charge is -2.15. The molecule has 0 aromatic heterocycles. The second kappa shape index (κ2) is 5.51. The van der Waals surface area contributed by atoms with E-state index in [0.29, 0.717) is 12.2 Å². The number of nitrogens with one attached hydrogen (secondary N) is 1. The second-order valence-electron chi connectivity index (χ2n) is 3.73. The lowest BCUT2D eigenvalue weighted by molar-refractivity contribution is 0.594. The van der Waals surface area contributed by atoms with E-state index >= 15 is 0 Å². The maximum absolute atomic E-state index is 11.4. The number of hydrogen-bond donors (Lipinski definition) is 1. The topological polar surface area (TPSA) is 46.2 Å². The Kier molecular flexibility index (Phi) is 4.62. The summed E-state index contributed by atoms with van der Waals surface area (Å²) in [5, 5.41) is 3.25. The highest BCUT2D eigenvalue weighted by Gasteiger charge is 2.09. The lowest BCUT2D eigenvalue weighted by atomic mass is 10.1. The summed E-state index contributed by atoms with van der Waals surface area (Å²) < 4.78 is 22.8. The number of rotatable bonds is 4. The van der Waals surface area contributed by atoms with Crippen molar-refractivity contribution in [3.05, 3.63) is 11.6 Å². The van der Waals surface area contributed by atoms with Gasteiger partial charge in [0.1, 0.15) is 0 Å². The molecule has 0 atom stereocenters. The average molecular weight is 217 g/mol. The standard InChI is InChI=1S/C10H19NO2S/c1-2-8-14(12,13)9-5-10-3-6-11-7-4-10/h5,11H,2-4,6-9H2,1H3. The summed E-state index contributed by atoms with van der Waals surface area (Å²) in [6.07, 6.45) is 4.63. The number of sulfone groups is 1. The van der Waals surface area contributed by atoms with E-state index in [1.807, 2.05) is 13.0 Å². The van der Waals surface area contributed by atoms with Crippen LogP contribution in [0.25, 0.3) is 0 Å². The van der Waals surface area contributed by atoms with Crippen molar-refractivity contribution < 1.29 is 8.42 Å². The van der Waals surface area contributed by atoms with Crippen LogP contribution in [0.3, 0.4) is 0 Å². The minimum absolute atomic E-state index is 0.232. The molecule has 1 N–H and O–H groups in total. The highest BCUT2D eigenvalue weighted by atomic mass is 32.2. The maximum Gasteiger partial charge on any atom is 0.153 e. The van der Waals surface area contributed by atoms with Crippen molar-refractivity contribution in [2.24, 2.45) is 0 Å². The fourth-order valence-electron chi connectivity index (χ4n) is 1.59. The predicted molar refractivity (Wildman–Crippen MR) is 59.1 cm³/mol. The van der Waals surface area contributed by atoms with Crippen molar-refractivity contribution in [3.8, 4) is 0 Å². The second-order valence-corrected chi connectivity index (χ2v) is 5.96. The molecule has 0 radical (unpaired) electrons. The third-order valence-electron chi connectivity index (χ3n) is 2.39. The van der Waals surface area contributed by atoms with Gasteiger partial charge in [0.25, 0.3) is 0 Å². The summed E-state index contributed by atoms with van der Waals surface area (Å²) in [6, 6.07) is 0. The smallest absolute Gasteiger partial charge is 0.153 e. The van der Waals surface area contributed by atoms with Gasteiger partial charge in [-0.1, -0.05) is 18.6 Å². The molecule has 1 aliphatic heterocycles. The highest BCUT2D eigenvalue weighted by Crippen LogP contribution is 2.10. The number of hydrogen-bond acceptors (Lipinski definition) is 3. The van der Waals surface area contributed by atoms with Crippen LogP contribution in [0.15, 0.2) is 11.6 Å². The molecule has 1 fully saturated rings. The minimum Gasteiger partial charge on any atom is -0.316 e. The number of piperidine rings is 1. The van der Waals surface area contributed by atoms with E-state index in [1.165, 1.54) is 5.57 Å². The highest BCUT2D eigenvalue weighted by molar-refractivity contribution is 7.91. The summed E-state index contributed by atoms with van der Waals surface area (Å²) in [5.41, 5.74) is 1.29. The van der Waals surface area contributed by atoms with Crippen LogP contribution in [-0.4, -0.2) is 33.0 Å². The summed E-state index contributed by atoms with van der Waals surface area (Å²) in [4.78, 5) is 0. The van der Waals surface area contributed by atoms with E-state index < -0.39 is 9.84 Å². The molecule has 0 spiro atoms. The first-order chi connectivity index (χ1) is 6.64. The molecule has 0 bridgehead atoms. The third kappa shape index (κ3) is 4.24. The first kappa shape index (κ1) is 11.7. The van der Waals surface area contributed by atoms with Crippen molar-refractivity contribution >= 4 is 9.84 Å². The van der Waals surface area contributed by atoms with Crippen LogP contribution in [0.1, 0.15) is 26.2 Å². The van der Waals surface area contributed by atoms with Crippen molar-refractivity contribution in [2.75, 3.05) is 24.6 Å². The monoisotopic (exact) mass is 217 g/mol. The van der Waals surface area contributed by atoms with E-state index in [9.17, 15) is 8.42 Å². The largest absolute Gasteiger partial charge is 0.316 e. The van der Waals surface area contributed by atoms with Crippen LogP contribution in [0.2, 0.25) is 0 Å². The molecule has 0 unspecified atom stereocenters. The molecule has 82 valence electrons. The SMILES string of the molecule is CCCS(=O)(=O)CC=C1CCNCC1.